The van der Waals surface area contributed by atoms with Gasteiger partial charge in [0, 0.05) is 17.8 Å². The molecule has 0 radical (unpaired) electrons. The molecule has 2 atom stereocenters. The van der Waals surface area contributed by atoms with E-state index >= 15 is 0 Å². The quantitative estimate of drug-likeness (QED) is 0.779. The van der Waals surface area contributed by atoms with E-state index in [0.29, 0.717) is 6.04 Å². The topological polar surface area (TPSA) is 34.1 Å². The van der Waals surface area contributed by atoms with Crippen molar-refractivity contribution in [3.8, 4) is 18.1 Å². The number of nitrogens with zero attached hydrogens (tertiary/aromatic N) is 1. The third-order valence-corrected chi connectivity index (χ3v) is 2.87. The summed E-state index contributed by atoms with van der Waals surface area (Å²) >= 11 is 0. The number of rotatable bonds is 3. The number of pyridine rings is 1. The van der Waals surface area contributed by atoms with Crippen LogP contribution in [0.15, 0.2) is 18.5 Å². The second-order valence-electron chi connectivity index (χ2n) is 4.08. The molecule has 3 nitrogen and oxygen atoms in total. The molecular weight excluding hydrogens is 200 g/mol. The van der Waals surface area contributed by atoms with E-state index in [2.05, 4.69) is 23.1 Å². The Hall–Kier alpha value is -1.53. The molecule has 0 spiro atoms. The first-order valence-electron chi connectivity index (χ1n) is 5.61. The molecule has 0 aromatic carbocycles. The minimum absolute atomic E-state index is 0.150. The van der Waals surface area contributed by atoms with Crippen LogP contribution < -0.4 is 10.1 Å². The maximum atomic E-state index is 5.82. The summed E-state index contributed by atoms with van der Waals surface area (Å²) in [4.78, 5) is 4.05. The Morgan fingerprint density at radius 3 is 3.19 bits per heavy atom. The number of aromatic nitrogens is 1. The molecule has 16 heavy (non-hydrogen) atoms. The number of ether oxygens (including phenoxy) is 1. The summed E-state index contributed by atoms with van der Waals surface area (Å²) in [7, 11) is 0. The summed E-state index contributed by atoms with van der Waals surface area (Å²) in [5.41, 5.74) is 0.754. The van der Waals surface area contributed by atoms with E-state index in [1.165, 1.54) is 12.8 Å². The van der Waals surface area contributed by atoms with Gasteiger partial charge in [-0.1, -0.05) is 5.92 Å². The predicted molar refractivity (Wildman–Crippen MR) is 63.3 cm³/mol. The van der Waals surface area contributed by atoms with Gasteiger partial charge in [0.2, 0.25) is 0 Å². The fraction of sp³-hybridized carbons (Fsp3) is 0.462. The van der Waals surface area contributed by atoms with Crippen LogP contribution in [0.25, 0.3) is 0 Å². The first-order chi connectivity index (χ1) is 7.79. The van der Waals surface area contributed by atoms with E-state index < -0.39 is 0 Å². The van der Waals surface area contributed by atoms with Crippen molar-refractivity contribution in [2.75, 3.05) is 6.54 Å². The lowest BCUT2D eigenvalue weighted by atomic mass is 10.1. The van der Waals surface area contributed by atoms with E-state index in [0.717, 1.165) is 17.9 Å². The zero-order valence-electron chi connectivity index (χ0n) is 9.44. The zero-order chi connectivity index (χ0) is 11.4. The Kier molecular flexibility index (Phi) is 3.43. The largest absolute Gasteiger partial charge is 0.487 e. The second kappa shape index (κ2) is 5.00. The lowest BCUT2D eigenvalue weighted by Crippen LogP contribution is -2.36. The molecule has 84 valence electrons. The highest BCUT2D eigenvalue weighted by Crippen LogP contribution is 2.17. The molecule has 1 aromatic rings. The molecule has 1 aliphatic rings. The summed E-state index contributed by atoms with van der Waals surface area (Å²) in [6.45, 7) is 3.16. The summed E-state index contributed by atoms with van der Waals surface area (Å²) in [5.74, 6) is 3.30. The Morgan fingerprint density at radius 1 is 1.62 bits per heavy atom. The van der Waals surface area contributed by atoms with Gasteiger partial charge < -0.3 is 10.1 Å². The first kappa shape index (κ1) is 11.0. The van der Waals surface area contributed by atoms with Crippen molar-refractivity contribution in [3.05, 3.63) is 24.0 Å². The third kappa shape index (κ3) is 2.53. The van der Waals surface area contributed by atoms with Crippen LogP contribution in [0.1, 0.15) is 25.3 Å². The summed E-state index contributed by atoms with van der Waals surface area (Å²) in [6, 6.07) is 2.29. The van der Waals surface area contributed by atoms with Gasteiger partial charge in [0.25, 0.3) is 0 Å². The van der Waals surface area contributed by atoms with Gasteiger partial charge in [-0.25, -0.2) is 0 Å². The van der Waals surface area contributed by atoms with Crippen LogP contribution in [0.5, 0.6) is 5.75 Å². The molecule has 0 aliphatic carbocycles. The normalized spacial score (nSPS) is 21.4. The van der Waals surface area contributed by atoms with Gasteiger partial charge in [-0.05, 0) is 32.4 Å². The van der Waals surface area contributed by atoms with Gasteiger partial charge in [-0.15, -0.1) is 6.42 Å². The van der Waals surface area contributed by atoms with Crippen molar-refractivity contribution in [2.45, 2.75) is 31.9 Å². The van der Waals surface area contributed by atoms with Crippen LogP contribution in [0.3, 0.4) is 0 Å². The predicted octanol–water partition coefficient (Wildman–Crippen LogP) is 1.58. The molecule has 2 heterocycles. The van der Waals surface area contributed by atoms with Gasteiger partial charge >= 0.3 is 0 Å². The van der Waals surface area contributed by atoms with Crippen molar-refractivity contribution in [3.63, 3.8) is 0 Å². The van der Waals surface area contributed by atoms with Crippen LogP contribution in [-0.2, 0) is 0 Å². The molecule has 1 aliphatic heterocycles. The van der Waals surface area contributed by atoms with Crippen molar-refractivity contribution in [1.82, 2.24) is 10.3 Å². The molecule has 1 N–H and O–H groups in total. The SMILES string of the molecule is C#Cc1cncc(OC(C)[C@@H]2CCCN2)c1. The molecule has 1 saturated heterocycles. The molecular formula is C13H16N2O. The standard InChI is InChI=1S/C13H16N2O/c1-3-11-7-12(9-14-8-11)16-10(2)13-5-4-6-15-13/h1,7-10,13,15H,4-6H2,2H3/t10?,13-/m0/s1. The van der Waals surface area contributed by atoms with Crippen molar-refractivity contribution >= 4 is 0 Å². The summed E-state index contributed by atoms with van der Waals surface area (Å²) in [5, 5.41) is 3.42. The molecule has 1 fully saturated rings. The molecule has 1 unspecified atom stereocenters. The van der Waals surface area contributed by atoms with Crippen LogP contribution in [0.2, 0.25) is 0 Å². The highest BCUT2D eigenvalue weighted by atomic mass is 16.5. The van der Waals surface area contributed by atoms with Gasteiger partial charge in [-0.2, -0.15) is 0 Å². The maximum absolute atomic E-state index is 5.82. The Balaban J connectivity index is 2.00. The minimum Gasteiger partial charge on any atom is -0.487 e. The van der Waals surface area contributed by atoms with Gasteiger partial charge in [0.15, 0.2) is 0 Å². The smallest absolute Gasteiger partial charge is 0.139 e. The fourth-order valence-corrected chi connectivity index (χ4v) is 1.97. The highest BCUT2D eigenvalue weighted by molar-refractivity contribution is 5.34. The van der Waals surface area contributed by atoms with E-state index in [4.69, 9.17) is 11.2 Å². The average Bonchev–Trinajstić information content (AvgIpc) is 2.83. The van der Waals surface area contributed by atoms with Gasteiger partial charge in [0.1, 0.15) is 11.9 Å². The lowest BCUT2D eigenvalue weighted by molar-refractivity contribution is 0.179. The monoisotopic (exact) mass is 216 g/mol. The minimum atomic E-state index is 0.150. The number of hydrogen-bond acceptors (Lipinski definition) is 3. The third-order valence-electron chi connectivity index (χ3n) is 2.87. The van der Waals surface area contributed by atoms with Crippen molar-refractivity contribution in [2.24, 2.45) is 0 Å². The van der Waals surface area contributed by atoms with E-state index in [-0.39, 0.29) is 6.10 Å². The van der Waals surface area contributed by atoms with E-state index in [1.807, 2.05) is 6.07 Å². The molecule has 3 heteroatoms. The van der Waals surface area contributed by atoms with Gasteiger partial charge in [0.05, 0.1) is 6.20 Å². The first-order valence-corrected chi connectivity index (χ1v) is 5.61. The Morgan fingerprint density at radius 2 is 2.50 bits per heavy atom. The summed E-state index contributed by atoms with van der Waals surface area (Å²) in [6.07, 6.45) is 11.2. The number of nitrogens with one attached hydrogen (secondary N) is 1. The van der Waals surface area contributed by atoms with Crippen LogP contribution >= 0.6 is 0 Å². The van der Waals surface area contributed by atoms with E-state index in [1.54, 1.807) is 12.4 Å². The lowest BCUT2D eigenvalue weighted by Gasteiger charge is -2.20. The average molecular weight is 216 g/mol. The number of terminal acetylenes is 1. The van der Waals surface area contributed by atoms with Gasteiger partial charge in [-0.3, -0.25) is 4.98 Å². The Labute approximate surface area is 96.2 Å². The Bertz CT molecular complexity index is 391. The molecule has 2 rings (SSSR count). The van der Waals surface area contributed by atoms with E-state index in [9.17, 15) is 0 Å². The van der Waals surface area contributed by atoms with Crippen molar-refractivity contribution in [1.29, 1.82) is 0 Å². The fourth-order valence-electron chi connectivity index (χ4n) is 1.97. The second-order valence-corrected chi connectivity index (χ2v) is 4.08. The summed E-state index contributed by atoms with van der Waals surface area (Å²) < 4.78 is 5.82. The number of hydrogen-bond donors (Lipinski definition) is 1. The van der Waals surface area contributed by atoms with Crippen molar-refractivity contribution < 1.29 is 4.74 Å². The van der Waals surface area contributed by atoms with Crippen LogP contribution in [0, 0.1) is 12.3 Å². The van der Waals surface area contributed by atoms with Crippen LogP contribution in [0.4, 0.5) is 0 Å². The molecule has 0 bridgehead atoms. The molecule has 1 aromatic heterocycles. The zero-order valence-corrected chi connectivity index (χ0v) is 9.44. The molecule has 0 saturated carbocycles. The van der Waals surface area contributed by atoms with Crippen LogP contribution in [-0.4, -0.2) is 23.7 Å². The maximum Gasteiger partial charge on any atom is 0.139 e. The molecule has 0 amide bonds. The highest BCUT2D eigenvalue weighted by Gasteiger charge is 2.22.